The molecule has 594 valence electrons. The second-order valence-electron chi connectivity index (χ2n) is 31.7. The SMILES string of the molecule is c1ccc(-c2ccc(N(c3ccc(-c4ccccc4)cc3)c3cccc4c3oc3ccc5ccccc5c34)cc2)cc1.c1ccc(-c2ccc(N(c3cccc(-c4ccccc4)c3)c3cccc4c3oc3ccc5ccccc5c34)cc2)cc1.c1ccc(-c2cccc(N(c3cccc(-c4ccccc4)c3)c3cccc4c3oc3ccc5ccccc5c34)c2)cc1. The number of hydrogen-bond acceptors (Lipinski definition) is 6. The predicted molar refractivity (Wildman–Crippen MR) is 530 cm³/mol. The fourth-order valence-corrected chi connectivity index (χ4v) is 18.1. The lowest BCUT2D eigenvalue weighted by molar-refractivity contribution is 0.669. The molecule has 0 N–H and O–H groups in total. The van der Waals surface area contributed by atoms with Gasteiger partial charge >= 0.3 is 0 Å². The highest BCUT2D eigenvalue weighted by Gasteiger charge is 2.26. The Morgan fingerprint density at radius 1 is 0.135 bits per heavy atom. The summed E-state index contributed by atoms with van der Waals surface area (Å²) in [6, 6.07) is 173. The minimum absolute atomic E-state index is 0.874. The van der Waals surface area contributed by atoms with Gasteiger partial charge < -0.3 is 28.0 Å². The van der Waals surface area contributed by atoms with Gasteiger partial charge in [-0.2, -0.15) is 0 Å². The van der Waals surface area contributed by atoms with Crippen molar-refractivity contribution in [3.8, 4) is 66.8 Å². The molecule has 24 aromatic rings. The number of anilines is 9. The van der Waals surface area contributed by atoms with Gasteiger partial charge in [-0.25, -0.2) is 0 Å². The van der Waals surface area contributed by atoms with Gasteiger partial charge in [-0.15, -0.1) is 0 Å². The molecule has 24 rings (SSSR count). The summed E-state index contributed by atoms with van der Waals surface area (Å²) in [6.07, 6.45) is 0. The average Bonchev–Trinajstić information content (AvgIpc) is 1.59. The molecule has 6 nitrogen and oxygen atoms in total. The molecule has 3 aromatic heterocycles. The van der Waals surface area contributed by atoms with E-state index in [1.807, 2.05) is 0 Å². The standard InChI is InChI=1S/3C40H27NO/c1-3-12-28(13-4-1)31-17-9-19-33(26-31)41(34-20-10-18-32(27-34)29-14-5-2-6-15-29)37-23-11-22-36-39-35-21-8-7-16-30(35)24-25-38(39)42-40(36)37;1-3-11-28(12-4-1)30-21-24-33(25-22-30)41(34-17-9-16-32(27-34)29-13-5-2-6-14-29)37-20-10-19-36-39-35-18-8-7-15-31(35)23-26-38(39)42-40(36)37;1-3-10-28(11-4-1)30-18-23-33(24-19-30)41(34-25-20-31(21-26-34)29-12-5-2-6-13-29)37-17-9-16-36-39-35-15-8-7-14-32(35)22-27-38(39)42-40(36)37/h3*1-27H. The van der Waals surface area contributed by atoms with E-state index in [4.69, 9.17) is 13.3 Å². The van der Waals surface area contributed by atoms with Gasteiger partial charge in [-0.05, 0) is 208 Å². The topological polar surface area (TPSA) is 49.1 Å². The first-order valence-corrected chi connectivity index (χ1v) is 42.8. The van der Waals surface area contributed by atoms with E-state index in [0.717, 1.165) is 117 Å². The zero-order chi connectivity index (χ0) is 83.6. The van der Waals surface area contributed by atoms with Crippen LogP contribution < -0.4 is 14.7 Å². The maximum Gasteiger partial charge on any atom is 0.159 e. The minimum Gasteiger partial charge on any atom is -0.454 e. The normalized spacial score (nSPS) is 11.3. The van der Waals surface area contributed by atoms with Crippen molar-refractivity contribution in [1.82, 2.24) is 0 Å². The predicted octanol–water partition coefficient (Wildman–Crippen LogP) is 34.6. The Morgan fingerprint density at radius 2 is 0.341 bits per heavy atom. The highest BCUT2D eigenvalue weighted by Crippen LogP contribution is 2.50. The van der Waals surface area contributed by atoms with Gasteiger partial charge in [0.05, 0.1) is 17.1 Å². The van der Waals surface area contributed by atoms with E-state index in [1.165, 1.54) is 99.1 Å². The number of benzene rings is 21. The molecular weight excluding hydrogens is 1530 g/mol. The lowest BCUT2D eigenvalue weighted by Crippen LogP contribution is -2.10. The third-order valence-electron chi connectivity index (χ3n) is 24.2. The first kappa shape index (κ1) is 75.4. The Labute approximate surface area is 730 Å². The Hall–Kier alpha value is -16.8. The molecule has 6 heteroatoms. The summed E-state index contributed by atoms with van der Waals surface area (Å²) >= 11 is 0. The van der Waals surface area contributed by atoms with Crippen LogP contribution in [0.25, 0.3) is 165 Å². The van der Waals surface area contributed by atoms with E-state index in [1.54, 1.807) is 0 Å². The third kappa shape index (κ3) is 14.5. The molecule has 0 aliphatic heterocycles. The number of fused-ring (bicyclic) bond motifs is 15. The van der Waals surface area contributed by atoms with Crippen LogP contribution in [-0.2, 0) is 0 Å². The van der Waals surface area contributed by atoms with Crippen LogP contribution in [0.1, 0.15) is 0 Å². The summed E-state index contributed by atoms with van der Waals surface area (Å²) in [5, 5.41) is 14.1. The second kappa shape index (κ2) is 33.3. The molecule has 0 saturated carbocycles. The molecule has 0 saturated heterocycles. The zero-order valence-corrected chi connectivity index (χ0v) is 68.8. The third-order valence-corrected chi connectivity index (χ3v) is 24.2. The Kier molecular flexibility index (Phi) is 19.9. The van der Waals surface area contributed by atoms with Gasteiger partial charge in [0, 0.05) is 66.4 Å². The van der Waals surface area contributed by atoms with E-state index in [-0.39, 0.29) is 0 Å². The van der Waals surface area contributed by atoms with Crippen molar-refractivity contribution < 1.29 is 13.3 Å². The number of para-hydroxylation sites is 3. The molecular formula is C120H81N3O3. The van der Waals surface area contributed by atoms with Crippen LogP contribution in [0.15, 0.2) is 505 Å². The molecule has 0 spiro atoms. The molecule has 0 bridgehead atoms. The van der Waals surface area contributed by atoms with Crippen LogP contribution in [0.4, 0.5) is 51.2 Å². The lowest BCUT2D eigenvalue weighted by Gasteiger charge is -2.26. The largest absolute Gasteiger partial charge is 0.454 e. The highest BCUT2D eigenvalue weighted by atomic mass is 16.3. The van der Waals surface area contributed by atoms with Crippen molar-refractivity contribution in [2.45, 2.75) is 0 Å². The molecule has 0 amide bonds. The fourth-order valence-electron chi connectivity index (χ4n) is 18.1. The highest BCUT2D eigenvalue weighted by molar-refractivity contribution is 6.24. The van der Waals surface area contributed by atoms with Gasteiger partial charge in [0.1, 0.15) is 16.7 Å². The van der Waals surface area contributed by atoms with Crippen molar-refractivity contribution in [2.75, 3.05) is 14.7 Å². The Morgan fingerprint density at radius 3 is 0.619 bits per heavy atom. The van der Waals surface area contributed by atoms with Crippen molar-refractivity contribution >= 4 is 149 Å². The quantitative estimate of drug-likeness (QED) is 0.102. The van der Waals surface area contributed by atoms with Crippen LogP contribution >= 0.6 is 0 Å². The van der Waals surface area contributed by atoms with Gasteiger partial charge in [0.2, 0.25) is 0 Å². The van der Waals surface area contributed by atoms with Crippen LogP contribution in [0, 0.1) is 0 Å². The van der Waals surface area contributed by atoms with Gasteiger partial charge in [0.25, 0.3) is 0 Å². The van der Waals surface area contributed by atoms with Crippen molar-refractivity contribution in [3.63, 3.8) is 0 Å². The number of rotatable bonds is 15. The summed E-state index contributed by atoms with van der Waals surface area (Å²) < 4.78 is 20.0. The smallest absolute Gasteiger partial charge is 0.159 e. The number of hydrogen-bond donors (Lipinski definition) is 0. The van der Waals surface area contributed by atoms with Crippen LogP contribution in [0.5, 0.6) is 0 Å². The molecule has 0 unspecified atom stereocenters. The fraction of sp³-hybridized carbons (Fsp3) is 0. The van der Waals surface area contributed by atoms with E-state index >= 15 is 0 Å². The summed E-state index contributed by atoms with van der Waals surface area (Å²) in [5.74, 6) is 0. The lowest BCUT2D eigenvalue weighted by atomic mass is 10.0. The van der Waals surface area contributed by atoms with E-state index < -0.39 is 0 Å². The summed E-state index contributed by atoms with van der Waals surface area (Å²) in [4.78, 5) is 6.94. The van der Waals surface area contributed by atoms with Crippen molar-refractivity contribution in [1.29, 1.82) is 0 Å². The van der Waals surface area contributed by atoms with Gasteiger partial charge in [0.15, 0.2) is 16.7 Å². The van der Waals surface area contributed by atoms with E-state index in [2.05, 4.69) is 506 Å². The monoisotopic (exact) mass is 1610 g/mol. The maximum atomic E-state index is 6.70. The molecule has 0 aliphatic carbocycles. The summed E-state index contributed by atoms with van der Waals surface area (Å²) in [7, 11) is 0. The molecule has 3 heterocycles. The minimum atomic E-state index is 0.874. The van der Waals surface area contributed by atoms with Crippen molar-refractivity contribution in [3.05, 3.63) is 491 Å². The summed E-state index contributed by atoms with van der Waals surface area (Å²) in [5.41, 5.74) is 29.0. The number of nitrogens with zero attached hydrogens (tertiary/aromatic N) is 3. The Balaban J connectivity index is 0.000000112. The second-order valence-corrected chi connectivity index (χ2v) is 31.7. The molecule has 0 atom stereocenters. The average molecular weight is 1610 g/mol. The van der Waals surface area contributed by atoms with E-state index in [0.29, 0.717) is 0 Å². The maximum absolute atomic E-state index is 6.70. The van der Waals surface area contributed by atoms with Crippen LogP contribution in [0.2, 0.25) is 0 Å². The van der Waals surface area contributed by atoms with Gasteiger partial charge in [-0.1, -0.05) is 382 Å². The zero-order valence-electron chi connectivity index (χ0n) is 68.8. The first-order chi connectivity index (χ1) is 62.5. The molecule has 126 heavy (non-hydrogen) atoms. The van der Waals surface area contributed by atoms with Crippen LogP contribution in [0.3, 0.4) is 0 Å². The van der Waals surface area contributed by atoms with Gasteiger partial charge in [-0.3, -0.25) is 0 Å². The van der Waals surface area contributed by atoms with Crippen molar-refractivity contribution in [2.24, 2.45) is 0 Å². The first-order valence-electron chi connectivity index (χ1n) is 42.8. The van der Waals surface area contributed by atoms with E-state index in [9.17, 15) is 0 Å². The molecule has 0 radical (unpaired) electrons. The Bertz CT molecular complexity index is 7890. The molecule has 21 aromatic carbocycles. The number of furan rings is 3. The van der Waals surface area contributed by atoms with Crippen LogP contribution in [-0.4, -0.2) is 0 Å². The molecule has 0 fully saturated rings. The summed E-state index contributed by atoms with van der Waals surface area (Å²) in [6.45, 7) is 0. The molecule has 0 aliphatic rings.